The van der Waals surface area contributed by atoms with E-state index in [4.69, 9.17) is 5.73 Å². The third-order valence-electron chi connectivity index (χ3n) is 7.33. The number of hydrogen-bond donors (Lipinski definition) is 3. The molecule has 2 atom stereocenters. The summed E-state index contributed by atoms with van der Waals surface area (Å²) in [4.78, 5) is 32.8. The molecule has 3 aromatic rings. The van der Waals surface area contributed by atoms with Gasteiger partial charge in [-0.05, 0) is 43.4 Å². The van der Waals surface area contributed by atoms with Crippen molar-refractivity contribution in [3.05, 3.63) is 41.0 Å². The minimum Gasteiger partial charge on any atom is -0.364 e. The standard InChI is InChI=1S/C26H29F8N7O3/c1-13(36-18(42)6-9-25(29,30)31)15-2-3-16-17(12-15)38-23(37-16)19(14-4-7-24(27,28)8-5-14)20-21(22(35)43)40-41(39-20)10-11-44-26(32,33)34/h2-3,12-14,19H,4-11H2,1H3,(H2,35,43)(H,36,42)(H,37,38)/t13-,19+/m1/s1. The summed E-state index contributed by atoms with van der Waals surface area (Å²) in [5.74, 6) is -5.99. The fourth-order valence-corrected chi connectivity index (χ4v) is 5.18. The molecule has 10 nitrogen and oxygen atoms in total. The number of carbonyl (C=O) groups is 2. The van der Waals surface area contributed by atoms with Gasteiger partial charge in [0.15, 0.2) is 5.69 Å². The summed E-state index contributed by atoms with van der Waals surface area (Å²) < 4.78 is 107. The second-order valence-electron chi connectivity index (χ2n) is 10.7. The van der Waals surface area contributed by atoms with E-state index in [-0.39, 0.29) is 30.1 Å². The van der Waals surface area contributed by atoms with Crippen molar-refractivity contribution in [1.29, 1.82) is 0 Å². The maximum atomic E-state index is 14.1. The highest BCUT2D eigenvalue weighted by molar-refractivity contribution is 5.92. The zero-order valence-electron chi connectivity index (χ0n) is 23.2. The summed E-state index contributed by atoms with van der Waals surface area (Å²) in [5, 5.41) is 10.6. The quantitative estimate of drug-likeness (QED) is 0.244. The number of nitrogens with two attached hydrogens (primary N) is 1. The number of carbonyl (C=O) groups excluding carboxylic acids is 2. The van der Waals surface area contributed by atoms with Crippen LogP contribution in [0.3, 0.4) is 0 Å². The number of aromatic amines is 1. The molecule has 2 heterocycles. The number of nitrogens with zero attached hydrogens (tertiary/aromatic N) is 4. The molecule has 18 heteroatoms. The number of nitrogens with one attached hydrogen (secondary N) is 2. The summed E-state index contributed by atoms with van der Waals surface area (Å²) in [6.07, 6.45) is -12.3. The van der Waals surface area contributed by atoms with Gasteiger partial charge in [0.1, 0.15) is 11.5 Å². The van der Waals surface area contributed by atoms with Crippen LogP contribution in [-0.2, 0) is 16.1 Å². The number of rotatable bonds is 11. The lowest BCUT2D eigenvalue weighted by atomic mass is 9.76. The van der Waals surface area contributed by atoms with E-state index in [1.54, 1.807) is 25.1 Å². The van der Waals surface area contributed by atoms with Crippen LogP contribution in [-0.4, -0.2) is 61.8 Å². The van der Waals surface area contributed by atoms with Crippen LogP contribution >= 0.6 is 0 Å². The Morgan fingerprint density at radius 2 is 1.84 bits per heavy atom. The first kappa shape index (κ1) is 33.1. The van der Waals surface area contributed by atoms with Gasteiger partial charge in [0, 0.05) is 19.3 Å². The first-order valence-electron chi connectivity index (χ1n) is 13.6. The number of amides is 2. The number of hydrogen-bond acceptors (Lipinski definition) is 6. The minimum absolute atomic E-state index is 0.00317. The van der Waals surface area contributed by atoms with Gasteiger partial charge < -0.3 is 16.0 Å². The Bertz CT molecular complexity index is 1470. The zero-order chi connectivity index (χ0) is 32.4. The molecule has 44 heavy (non-hydrogen) atoms. The van der Waals surface area contributed by atoms with E-state index in [1.807, 2.05) is 0 Å². The van der Waals surface area contributed by atoms with Crippen LogP contribution in [0.4, 0.5) is 35.1 Å². The van der Waals surface area contributed by atoms with Gasteiger partial charge in [-0.15, -0.1) is 18.3 Å². The van der Waals surface area contributed by atoms with E-state index >= 15 is 0 Å². The van der Waals surface area contributed by atoms with Crippen molar-refractivity contribution in [3.63, 3.8) is 0 Å². The van der Waals surface area contributed by atoms with Gasteiger partial charge in [-0.25, -0.2) is 13.8 Å². The average molecular weight is 640 g/mol. The van der Waals surface area contributed by atoms with Crippen LogP contribution < -0.4 is 11.1 Å². The predicted octanol–water partition coefficient (Wildman–Crippen LogP) is 5.27. The van der Waals surface area contributed by atoms with Crippen molar-refractivity contribution in [3.8, 4) is 0 Å². The van der Waals surface area contributed by atoms with Gasteiger partial charge in [0.2, 0.25) is 11.8 Å². The van der Waals surface area contributed by atoms with Crippen molar-refractivity contribution in [1.82, 2.24) is 30.3 Å². The topological polar surface area (TPSA) is 141 Å². The highest BCUT2D eigenvalue weighted by atomic mass is 19.4. The van der Waals surface area contributed by atoms with Crippen molar-refractivity contribution in [2.45, 2.75) is 82.4 Å². The van der Waals surface area contributed by atoms with Crippen molar-refractivity contribution in [2.75, 3.05) is 6.61 Å². The van der Waals surface area contributed by atoms with Gasteiger partial charge >= 0.3 is 12.5 Å². The number of fused-ring (bicyclic) bond motifs is 1. The average Bonchev–Trinajstić information content (AvgIpc) is 3.51. The fourth-order valence-electron chi connectivity index (χ4n) is 5.18. The van der Waals surface area contributed by atoms with E-state index in [9.17, 15) is 44.7 Å². The number of primary amides is 1. The van der Waals surface area contributed by atoms with Crippen LogP contribution in [0.5, 0.6) is 0 Å². The fraction of sp³-hybridized carbons (Fsp3) is 0.577. The van der Waals surface area contributed by atoms with Crippen LogP contribution in [0.25, 0.3) is 11.0 Å². The summed E-state index contributed by atoms with van der Waals surface area (Å²) in [7, 11) is 0. The lowest BCUT2D eigenvalue weighted by Gasteiger charge is -2.32. The van der Waals surface area contributed by atoms with E-state index in [1.165, 1.54) is 0 Å². The van der Waals surface area contributed by atoms with Crippen molar-refractivity contribution < 1.29 is 49.4 Å². The van der Waals surface area contributed by atoms with Crippen LogP contribution in [0, 0.1) is 5.92 Å². The van der Waals surface area contributed by atoms with Gasteiger partial charge in [-0.2, -0.15) is 23.1 Å². The monoisotopic (exact) mass is 639 g/mol. The molecule has 0 spiro atoms. The highest BCUT2D eigenvalue weighted by Gasteiger charge is 2.42. The Hall–Kier alpha value is -3.83. The molecular formula is C26H29F8N7O3. The molecule has 0 aliphatic heterocycles. The van der Waals surface area contributed by atoms with E-state index in [0.29, 0.717) is 16.6 Å². The number of ether oxygens (including phenoxy) is 1. The molecule has 0 unspecified atom stereocenters. The molecule has 0 saturated heterocycles. The molecule has 1 fully saturated rings. The molecule has 2 amide bonds. The number of halogens is 8. The van der Waals surface area contributed by atoms with Gasteiger partial charge in [0.25, 0.3) is 5.91 Å². The van der Waals surface area contributed by atoms with Gasteiger partial charge in [-0.1, -0.05) is 6.07 Å². The molecule has 1 aliphatic rings. The Morgan fingerprint density at radius 3 is 2.45 bits per heavy atom. The third-order valence-corrected chi connectivity index (χ3v) is 7.33. The molecule has 0 radical (unpaired) electrons. The lowest BCUT2D eigenvalue weighted by Crippen LogP contribution is -2.30. The third kappa shape index (κ3) is 8.63. The molecule has 4 rings (SSSR count). The zero-order valence-corrected chi connectivity index (χ0v) is 23.2. The predicted molar refractivity (Wildman–Crippen MR) is 137 cm³/mol. The Kier molecular flexibility index (Phi) is 9.51. The minimum atomic E-state index is -4.91. The lowest BCUT2D eigenvalue weighted by molar-refractivity contribution is -0.325. The normalized spacial score (nSPS) is 17.5. The number of aromatic nitrogens is 5. The second-order valence-corrected chi connectivity index (χ2v) is 10.7. The molecule has 2 aromatic heterocycles. The first-order valence-corrected chi connectivity index (χ1v) is 13.6. The van der Waals surface area contributed by atoms with E-state index < -0.39 is 87.0 Å². The number of benzene rings is 1. The summed E-state index contributed by atoms with van der Waals surface area (Å²) in [6, 6.07) is 4.11. The smallest absolute Gasteiger partial charge is 0.364 e. The summed E-state index contributed by atoms with van der Waals surface area (Å²) >= 11 is 0. The molecule has 4 N–H and O–H groups in total. The second kappa shape index (κ2) is 12.6. The van der Waals surface area contributed by atoms with Gasteiger partial charge in [0.05, 0.1) is 42.6 Å². The van der Waals surface area contributed by atoms with Gasteiger partial charge in [-0.3, -0.25) is 14.3 Å². The Morgan fingerprint density at radius 1 is 1.16 bits per heavy atom. The maximum absolute atomic E-state index is 14.1. The van der Waals surface area contributed by atoms with Crippen molar-refractivity contribution >= 4 is 22.8 Å². The van der Waals surface area contributed by atoms with Crippen molar-refractivity contribution in [2.24, 2.45) is 11.7 Å². The van der Waals surface area contributed by atoms with Crippen LogP contribution in [0.15, 0.2) is 18.2 Å². The molecule has 1 aromatic carbocycles. The molecule has 0 bridgehead atoms. The highest BCUT2D eigenvalue weighted by Crippen LogP contribution is 2.45. The number of alkyl halides is 8. The largest absolute Gasteiger partial charge is 0.522 e. The first-order chi connectivity index (χ1) is 20.4. The Labute approximate surface area is 244 Å². The van der Waals surface area contributed by atoms with E-state index in [2.05, 4.69) is 30.2 Å². The molecule has 242 valence electrons. The molecule has 1 saturated carbocycles. The van der Waals surface area contributed by atoms with Crippen LogP contribution in [0.2, 0.25) is 0 Å². The summed E-state index contributed by atoms with van der Waals surface area (Å²) in [5.41, 5.74) is 6.44. The van der Waals surface area contributed by atoms with Crippen LogP contribution in [0.1, 0.15) is 85.0 Å². The SMILES string of the molecule is C[C@@H](NC(=O)CCC(F)(F)F)c1ccc2nc([C@H](c3nn(CCOC(F)(F)F)nc3C(N)=O)C3CCC(F)(F)CC3)[nH]c2c1. The Balaban J connectivity index is 1.65. The molecule has 1 aliphatic carbocycles. The number of imidazole rings is 1. The summed E-state index contributed by atoms with van der Waals surface area (Å²) in [6.45, 7) is 0.217. The molecular weight excluding hydrogens is 610 g/mol. The van der Waals surface area contributed by atoms with E-state index in [0.717, 1.165) is 4.80 Å². The number of H-pyrrole nitrogens is 1. The maximum Gasteiger partial charge on any atom is 0.522 e.